The lowest BCUT2D eigenvalue weighted by molar-refractivity contribution is -0.394. The molecule has 0 aliphatic heterocycles. The van der Waals surface area contributed by atoms with Gasteiger partial charge in [0.15, 0.2) is 0 Å². The molecule has 0 fully saturated rings. The number of fused-ring (bicyclic) bond motifs is 1. The van der Waals surface area contributed by atoms with Gasteiger partial charge in [-0.15, -0.1) is 0 Å². The molecule has 1 amide bonds. The zero-order chi connectivity index (χ0) is 24.8. The van der Waals surface area contributed by atoms with E-state index < -0.39 is 27.1 Å². The first-order chi connectivity index (χ1) is 15.9. The van der Waals surface area contributed by atoms with Gasteiger partial charge in [-0.3, -0.25) is 25.0 Å². The second-order valence-corrected chi connectivity index (χ2v) is 9.73. The second kappa shape index (κ2) is 8.30. The summed E-state index contributed by atoms with van der Waals surface area (Å²) >= 11 is 1.40. The Bertz CT molecular complexity index is 1430. The van der Waals surface area contributed by atoms with Crippen molar-refractivity contribution in [1.82, 2.24) is 14.8 Å². The van der Waals surface area contributed by atoms with E-state index in [4.69, 9.17) is 0 Å². The lowest BCUT2D eigenvalue weighted by Gasteiger charge is -2.18. The molecule has 0 bridgehead atoms. The van der Waals surface area contributed by atoms with Gasteiger partial charge >= 0.3 is 0 Å². The minimum Gasteiger partial charge on any atom is -0.306 e. The average Bonchev–Trinajstić information content (AvgIpc) is 3.34. The van der Waals surface area contributed by atoms with Crippen LogP contribution in [0.5, 0.6) is 0 Å². The highest BCUT2D eigenvalue weighted by molar-refractivity contribution is 7.20. The van der Waals surface area contributed by atoms with E-state index in [2.05, 4.69) is 42.2 Å². The largest absolute Gasteiger partial charge is 0.306 e. The maximum Gasteiger partial charge on any atom is 0.277 e. The Morgan fingerprint density at radius 3 is 2.26 bits per heavy atom. The minimum absolute atomic E-state index is 0.0271. The first-order valence-corrected chi connectivity index (χ1v) is 11.0. The van der Waals surface area contributed by atoms with Crippen LogP contribution in [0.25, 0.3) is 15.3 Å². The number of anilines is 1. The topological polar surface area (TPSA) is 146 Å². The van der Waals surface area contributed by atoms with Gasteiger partial charge in [-0.1, -0.05) is 38.2 Å². The van der Waals surface area contributed by atoms with Crippen molar-refractivity contribution in [3.05, 3.63) is 79.5 Å². The Hall–Kier alpha value is -4.19. The summed E-state index contributed by atoms with van der Waals surface area (Å²) in [5.74, 6) is -0.462. The summed E-state index contributed by atoms with van der Waals surface area (Å²) in [6, 6.07) is 10.4. The van der Waals surface area contributed by atoms with Gasteiger partial charge in [-0.2, -0.15) is 9.78 Å². The predicted octanol–water partition coefficient (Wildman–Crippen LogP) is 5.16. The van der Waals surface area contributed by atoms with Crippen molar-refractivity contribution >= 4 is 44.7 Å². The van der Waals surface area contributed by atoms with E-state index in [0.29, 0.717) is 10.8 Å². The van der Waals surface area contributed by atoms with E-state index in [-0.39, 0.29) is 16.8 Å². The predicted molar refractivity (Wildman–Crippen MR) is 128 cm³/mol. The zero-order valence-electron chi connectivity index (χ0n) is 18.7. The van der Waals surface area contributed by atoms with Crippen molar-refractivity contribution in [2.24, 2.45) is 0 Å². The van der Waals surface area contributed by atoms with Crippen molar-refractivity contribution in [1.29, 1.82) is 0 Å². The smallest absolute Gasteiger partial charge is 0.277 e. The molecular weight excluding hydrogens is 460 g/mol. The van der Waals surface area contributed by atoms with Gasteiger partial charge < -0.3 is 5.32 Å². The fourth-order valence-electron chi connectivity index (χ4n) is 3.33. The number of aromatic nitrogens is 3. The Morgan fingerprint density at radius 2 is 1.68 bits per heavy atom. The molecule has 2 heterocycles. The molecule has 1 N–H and O–H groups in total. The van der Waals surface area contributed by atoms with Gasteiger partial charge in [0.2, 0.25) is 5.13 Å². The van der Waals surface area contributed by atoms with Crippen molar-refractivity contribution in [2.45, 2.75) is 33.1 Å². The fraction of sp³-hybridized carbons (Fsp3) is 0.227. The van der Waals surface area contributed by atoms with E-state index in [0.717, 1.165) is 34.0 Å². The molecular formula is C22H20N6O5S. The summed E-state index contributed by atoms with van der Waals surface area (Å²) in [4.78, 5) is 38.2. The van der Waals surface area contributed by atoms with Gasteiger partial charge in [-0.05, 0) is 30.0 Å². The van der Waals surface area contributed by atoms with E-state index in [1.165, 1.54) is 16.0 Å². The summed E-state index contributed by atoms with van der Waals surface area (Å²) < 4.78 is 2.43. The van der Waals surface area contributed by atoms with E-state index in [9.17, 15) is 25.0 Å². The van der Waals surface area contributed by atoms with Crippen LogP contribution in [0.3, 0.4) is 0 Å². The molecule has 174 valence electrons. The molecule has 0 saturated carbocycles. The Morgan fingerprint density at radius 1 is 1.03 bits per heavy atom. The van der Waals surface area contributed by atoms with Crippen LogP contribution >= 0.6 is 11.3 Å². The number of benzene rings is 2. The summed E-state index contributed by atoms with van der Waals surface area (Å²) in [5, 5.41) is 29.9. The molecule has 4 rings (SSSR count). The van der Waals surface area contributed by atoms with Crippen LogP contribution in [0.2, 0.25) is 0 Å². The Kier molecular flexibility index (Phi) is 5.61. The molecule has 0 aliphatic carbocycles. The number of thiazole rings is 1. The molecule has 0 aliphatic rings. The second-order valence-electron chi connectivity index (χ2n) is 8.72. The van der Waals surface area contributed by atoms with Crippen LogP contribution < -0.4 is 5.32 Å². The van der Waals surface area contributed by atoms with E-state index in [1.807, 2.05) is 12.1 Å². The number of hydrogen-bond donors (Lipinski definition) is 1. The Balaban J connectivity index is 1.71. The van der Waals surface area contributed by atoms with Gasteiger partial charge in [0.1, 0.15) is 5.82 Å². The molecule has 11 nitrogen and oxygen atoms in total. The quantitative estimate of drug-likeness (QED) is 0.307. The number of nitro benzene ring substituents is 2. The van der Waals surface area contributed by atoms with Gasteiger partial charge in [0.05, 0.1) is 37.4 Å². The van der Waals surface area contributed by atoms with Gasteiger partial charge in [0, 0.05) is 18.2 Å². The average molecular weight is 481 g/mol. The standard InChI is InChI=1S/C22H20N6O5S/c1-12-7-19(24-20(29)13-8-15(27(30)31)11-16(9-13)28(32)33)26(25-12)21-23-17-6-5-14(22(2,3)4)10-18(17)34-21/h5-11H,1-4H3,(H,24,29). The summed E-state index contributed by atoms with van der Waals surface area (Å²) in [6.45, 7) is 8.12. The number of aryl methyl sites for hydroxylation is 1. The van der Waals surface area contributed by atoms with Crippen LogP contribution in [0.15, 0.2) is 42.5 Å². The molecule has 12 heteroatoms. The highest BCUT2D eigenvalue weighted by Gasteiger charge is 2.22. The molecule has 2 aromatic carbocycles. The SMILES string of the molecule is Cc1cc(NC(=O)c2cc([N+](=O)[O-])cc([N+](=O)[O-])c2)n(-c2nc3ccc(C(C)(C)C)cc3s2)n1. The molecule has 0 spiro atoms. The van der Waals surface area contributed by atoms with Gasteiger partial charge in [-0.25, -0.2) is 4.98 Å². The van der Waals surface area contributed by atoms with Crippen LogP contribution in [0, 0.1) is 27.2 Å². The molecule has 0 atom stereocenters. The van der Waals surface area contributed by atoms with E-state index in [1.54, 1.807) is 13.0 Å². The van der Waals surface area contributed by atoms with Crippen molar-refractivity contribution in [3.63, 3.8) is 0 Å². The van der Waals surface area contributed by atoms with E-state index >= 15 is 0 Å². The molecule has 0 saturated heterocycles. The number of nitrogens with one attached hydrogen (secondary N) is 1. The van der Waals surface area contributed by atoms with Crippen molar-refractivity contribution in [3.8, 4) is 5.13 Å². The number of nitrogens with zero attached hydrogens (tertiary/aromatic N) is 5. The minimum atomic E-state index is -0.787. The normalized spacial score (nSPS) is 11.5. The molecule has 2 aromatic heterocycles. The van der Waals surface area contributed by atoms with Crippen LogP contribution in [0.4, 0.5) is 17.2 Å². The number of non-ortho nitro benzene ring substituents is 2. The third kappa shape index (κ3) is 4.48. The fourth-order valence-corrected chi connectivity index (χ4v) is 4.30. The maximum atomic E-state index is 12.9. The van der Waals surface area contributed by atoms with Crippen molar-refractivity contribution in [2.75, 3.05) is 5.32 Å². The van der Waals surface area contributed by atoms with Crippen molar-refractivity contribution < 1.29 is 14.6 Å². The van der Waals surface area contributed by atoms with Crippen LogP contribution in [-0.4, -0.2) is 30.5 Å². The lowest BCUT2D eigenvalue weighted by Crippen LogP contribution is -2.15. The summed E-state index contributed by atoms with van der Waals surface area (Å²) in [5.41, 5.74) is 1.20. The summed E-state index contributed by atoms with van der Waals surface area (Å²) in [7, 11) is 0. The van der Waals surface area contributed by atoms with Gasteiger partial charge in [0.25, 0.3) is 17.3 Å². The number of nitro groups is 2. The monoisotopic (exact) mass is 480 g/mol. The molecule has 4 aromatic rings. The first kappa shape index (κ1) is 23.0. The third-order valence-electron chi connectivity index (χ3n) is 5.08. The highest BCUT2D eigenvalue weighted by atomic mass is 32.1. The van der Waals surface area contributed by atoms with Crippen LogP contribution in [-0.2, 0) is 5.41 Å². The number of hydrogen-bond acceptors (Lipinski definition) is 8. The number of rotatable bonds is 5. The number of carbonyl (C=O) groups excluding carboxylic acids is 1. The number of carbonyl (C=O) groups is 1. The molecule has 0 radical (unpaired) electrons. The Labute approximate surface area is 197 Å². The highest BCUT2D eigenvalue weighted by Crippen LogP contribution is 2.32. The third-order valence-corrected chi connectivity index (χ3v) is 6.08. The number of amides is 1. The molecule has 34 heavy (non-hydrogen) atoms. The molecule has 0 unspecified atom stereocenters. The zero-order valence-corrected chi connectivity index (χ0v) is 19.5. The lowest BCUT2D eigenvalue weighted by atomic mass is 9.87. The first-order valence-electron chi connectivity index (χ1n) is 10.2. The maximum absolute atomic E-state index is 12.9. The van der Waals surface area contributed by atoms with Crippen LogP contribution in [0.1, 0.15) is 42.4 Å². The summed E-state index contributed by atoms with van der Waals surface area (Å²) in [6.07, 6.45) is 0.